The largest absolute Gasteiger partial charge is 0.331 e. The second-order valence-corrected chi connectivity index (χ2v) is 11.4. The van der Waals surface area contributed by atoms with Crippen LogP contribution >= 0.6 is 23.7 Å². The predicted octanol–water partition coefficient (Wildman–Crippen LogP) is 1.82. The van der Waals surface area contributed by atoms with Gasteiger partial charge >= 0.3 is 0 Å². The minimum absolute atomic E-state index is 0. The second-order valence-electron chi connectivity index (χ2n) is 8.62. The number of aromatic nitrogens is 1. The van der Waals surface area contributed by atoms with Gasteiger partial charge in [-0.15, -0.1) is 23.7 Å². The molecule has 3 aliphatic rings. The number of nitrogens with zero attached hydrogens (tertiary/aromatic N) is 4. The van der Waals surface area contributed by atoms with E-state index in [9.17, 15) is 18.0 Å². The molecule has 0 spiro atoms. The van der Waals surface area contributed by atoms with Gasteiger partial charge < -0.3 is 4.90 Å². The molecule has 8 nitrogen and oxygen atoms in total. The molecule has 0 unspecified atom stereocenters. The zero-order valence-electron chi connectivity index (χ0n) is 17.5. The first-order chi connectivity index (χ1) is 13.7. The Morgan fingerprint density at radius 1 is 1.27 bits per heavy atom. The Bertz CT molecular complexity index is 913. The van der Waals surface area contributed by atoms with E-state index < -0.39 is 28.0 Å². The summed E-state index contributed by atoms with van der Waals surface area (Å²) in [6, 6.07) is -0.898. The zero-order chi connectivity index (χ0) is 20.9. The molecular weight excluding hydrogens is 448 g/mol. The Balaban J connectivity index is 0.00000256. The molecule has 3 atom stereocenters. The van der Waals surface area contributed by atoms with Crippen LogP contribution in [0.25, 0.3) is 0 Å². The quantitative estimate of drug-likeness (QED) is 0.643. The van der Waals surface area contributed by atoms with E-state index in [4.69, 9.17) is 0 Å². The summed E-state index contributed by atoms with van der Waals surface area (Å²) >= 11 is 1.49. The standard InChI is InChI=1S/C19H28N4O4S2.ClH/c1-12(2)16-17-14(23(19(16)25)29(3,26)27)6-9-22(17)18(24)13-11-28-15(20-13)10-21-7-4-5-8-21;/h11-12,14,16-17H,4-10H2,1-3H3;1H/t14-,16+,17-;/m1./s1. The van der Waals surface area contributed by atoms with Crippen molar-refractivity contribution in [3.63, 3.8) is 0 Å². The Morgan fingerprint density at radius 3 is 2.53 bits per heavy atom. The average Bonchev–Trinajstić information content (AvgIpc) is 3.37. The molecule has 0 aromatic carbocycles. The van der Waals surface area contributed by atoms with Gasteiger partial charge in [0.1, 0.15) is 10.7 Å². The van der Waals surface area contributed by atoms with Gasteiger partial charge in [0.05, 0.1) is 30.8 Å². The number of fused-ring (bicyclic) bond motifs is 1. The minimum Gasteiger partial charge on any atom is -0.331 e. The van der Waals surface area contributed by atoms with Crippen molar-refractivity contribution >= 4 is 45.6 Å². The summed E-state index contributed by atoms with van der Waals surface area (Å²) in [5.74, 6) is -1.15. The van der Waals surface area contributed by atoms with Crippen LogP contribution in [-0.2, 0) is 21.4 Å². The normalized spacial score (nSPS) is 27.1. The molecule has 3 aliphatic heterocycles. The highest BCUT2D eigenvalue weighted by Gasteiger charge is 2.58. The summed E-state index contributed by atoms with van der Waals surface area (Å²) in [5, 5.41) is 2.71. The molecule has 0 bridgehead atoms. The highest BCUT2D eigenvalue weighted by Crippen LogP contribution is 2.41. The monoisotopic (exact) mass is 476 g/mol. The van der Waals surface area contributed by atoms with Crippen LogP contribution in [0.5, 0.6) is 0 Å². The number of carbonyl (C=O) groups is 2. The molecule has 1 aromatic heterocycles. The number of hydrogen-bond donors (Lipinski definition) is 0. The number of sulfonamides is 1. The van der Waals surface area contributed by atoms with Crippen LogP contribution in [0.1, 0.15) is 48.6 Å². The molecule has 3 saturated heterocycles. The van der Waals surface area contributed by atoms with E-state index in [1.54, 1.807) is 10.3 Å². The van der Waals surface area contributed by atoms with E-state index in [2.05, 4.69) is 9.88 Å². The lowest BCUT2D eigenvalue weighted by Gasteiger charge is -2.28. The molecule has 30 heavy (non-hydrogen) atoms. The van der Waals surface area contributed by atoms with Crippen LogP contribution in [0, 0.1) is 11.8 Å². The van der Waals surface area contributed by atoms with Crippen molar-refractivity contribution in [2.45, 2.75) is 51.7 Å². The highest BCUT2D eigenvalue weighted by atomic mass is 35.5. The first-order valence-electron chi connectivity index (χ1n) is 10.2. The van der Waals surface area contributed by atoms with Gasteiger partial charge in [0.25, 0.3) is 5.91 Å². The zero-order valence-corrected chi connectivity index (χ0v) is 19.9. The van der Waals surface area contributed by atoms with Gasteiger partial charge in [0.15, 0.2) is 0 Å². The smallest absolute Gasteiger partial charge is 0.273 e. The predicted molar refractivity (Wildman–Crippen MR) is 117 cm³/mol. The van der Waals surface area contributed by atoms with Gasteiger partial charge in [-0.2, -0.15) is 0 Å². The molecule has 0 saturated carbocycles. The van der Waals surface area contributed by atoms with Gasteiger partial charge in [-0.3, -0.25) is 14.5 Å². The highest BCUT2D eigenvalue weighted by molar-refractivity contribution is 7.88. The summed E-state index contributed by atoms with van der Waals surface area (Å²) in [5.41, 5.74) is 0.401. The van der Waals surface area contributed by atoms with E-state index >= 15 is 0 Å². The number of thiazole rings is 1. The molecule has 0 radical (unpaired) electrons. The minimum atomic E-state index is -3.67. The fraction of sp³-hybridized carbons (Fsp3) is 0.737. The second kappa shape index (κ2) is 8.72. The topological polar surface area (TPSA) is 90.9 Å². The van der Waals surface area contributed by atoms with Crippen LogP contribution in [0.4, 0.5) is 0 Å². The molecule has 3 fully saturated rings. The summed E-state index contributed by atoms with van der Waals surface area (Å²) in [7, 11) is -3.67. The van der Waals surface area contributed by atoms with Gasteiger partial charge in [-0.25, -0.2) is 17.7 Å². The molecule has 11 heteroatoms. The Kier molecular flexibility index (Phi) is 6.81. The molecule has 2 amide bonds. The maximum Gasteiger partial charge on any atom is 0.273 e. The molecular formula is C19H29ClN4O4S2. The van der Waals surface area contributed by atoms with Gasteiger partial charge in [-0.05, 0) is 38.3 Å². The van der Waals surface area contributed by atoms with Crippen molar-refractivity contribution in [1.29, 1.82) is 0 Å². The lowest BCUT2D eigenvalue weighted by molar-refractivity contribution is -0.129. The summed E-state index contributed by atoms with van der Waals surface area (Å²) in [6.07, 6.45) is 3.95. The number of rotatable bonds is 5. The molecule has 4 rings (SSSR count). The fourth-order valence-corrected chi connectivity index (χ4v) is 7.01. The lowest BCUT2D eigenvalue weighted by Crippen LogP contribution is -2.44. The third-order valence-corrected chi connectivity index (χ3v) is 8.26. The third kappa shape index (κ3) is 4.11. The number of halogens is 1. The lowest BCUT2D eigenvalue weighted by atomic mass is 9.88. The van der Waals surface area contributed by atoms with Crippen molar-refractivity contribution in [2.24, 2.45) is 11.8 Å². The van der Waals surface area contributed by atoms with E-state index in [1.165, 1.54) is 24.2 Å². The van der Waals surface area contributed by atoms with E-state index in [0.717, 1.165) is 35.2 Å². The van der Waals surface area contributed by atoms with Crippen molar-refractivity contribution < 1.29 is 18.0 Å². The van der Waals surface area contributed by atoms with E-state index in [0.29, 0.717) is 18.7 Å². The SMILES string of the molecule is CC(C)[C@@H]1C(=O)N(S(C)(=O)=O)[C@@H]2CCN(C(=O)c3csc(CN4CCCC4)n3)[C@H]21.Cl. The van der Waals surface area contributed by atoms with Gasteiger partial charge in [-0.1, -0.05) is 13.8 Å². The summed E-state index contributed by atoms with van der Waals surface area (Å²) in [4.78, 5) is 34.7. The van der Waals surface area contributed by atoms with Crippen molar-refractivity contribution in [3.8, 4) is 0 Å². The van der Waals surface area contributed by atoms with E-state index in [-0.39, 0.29) is 30.1 Å². The van der Waals surface area contributed by atoms with Gasteiger partial charge in [0, 0.05) is 11.9 Å². The Labute approximate surface area is 188 Å². The first kappa shape index (κ1) is 23.4. The number of carbonyl (C=O) groups excluding carboxylic acids is 2. The van der Waals surface area contributed by atoms with Crippen molar-refractivity contribution in [2.75, 3.05) is 25.9 Å². The van der Waals surface area contributed by atoms with Crippen LogP contribution in [-0.4, -0.2) is 77.3 Å². The molecule has 0 aliphatic carbocycles. The summed E-state index contributed by atoms with van der Waals surface area (Å²) < 4.78 is 25.5. The third-order valence-electron chi connectivity index (χ3n) is 6.26. The first-order valence-corrected chi connectivity index (χ1v) is 12.9. The fourth-order valence-electron chi connectivity index (χ4n) is 5.03. The summed E-state index contributed by atoms with van der Waals surface area (Å²) in [6.45, 7) is 7.15. The van der Waals surface area contributed by atoms with Crippen LogP contribution in [0.2, 0.25) is 0 Å². The van der Waals surface area contributed by atoms with Crippen LogP contribution in [0.3, 0.4) is 0 Å². The number of hydrogen-bond acceptors (Lipinski definition) is 7. The van der Waals surface area contributed by atoms with Crippen LogP contribution in [0.15, 0.2) is 5.38 Å². The van der Waals surface area contributed by atoms with Gasteiger partial charge in [0.2, 0.25) is 15.9 Å². The Morgan fingerprint density at radius 2 is 1.93 bits per heavy atom. The Hall–Kier alpha value is -1.23. The van der Waals surface area contributed by atoms with Crippen molar-refractivity contribution in [1.82, 2.24) is 19.1 Å². The van der Waals surface area contributed by atoms with Crippen LogP contribution < -0.4 is 0 Å². The molecule has 4 heterocycles. The number of amides is 2. The molecule has 0 N–H and O–H groups in total. The maximum absolute atomic E-state index is 13.2. The average molecular weight is 477 g/mol. The number of likely N-dealkylation sites (tertiary alicyclic amines) is 2. The van der Waals surface area contributed by atoms with Crippen molar-refractivity contribution in [3.05, 3.63) is 16.1 Å². The molecule has 168 valence electrons. The maximum atomic E-state index is 13.2. The van der Waals surface area contributed by atoms with E-state index in [1.807, 2.05) is 13.8 Å². The molecule has 1 aromatic rings.